The fraction of sp³-hybridized carbons (Fsp3) is 0.875. The van der Waals surface area contributed by atoms with Gasteiger partial charge in [-0.1, -0.05) is 23.2 Å². The van der Waals surface area contributed by atoms with E-state index in [4.69, 9.17) is 23.2 Å². The Kier molecular flexibility index (Phi) is 2.78. The molecule has 14 heavy (non-hydrogen) atoms. The number of halogens is 2. The average molecular weight is 241 g/mol. The molecule has 0 amide bonds. The van der Waals surface area contributed by atoms with Gasteiger partial charge in [0.05, 0.1) is 0 Å². The van der Waals surface area contributed by atoms with Crippen LogP contribution in [0.25, 0.3) is 0 Å². The van der Waals surface area contributed by atoms with Crippen LogP contribution in [-0.2, 0) is 0 Å². The summed E-state index contributed by atoms with van der Waals surface area (Å²) in [6.07, 6.45) is 0. The summed E-state index contributed by atoms with van der Waals surface area (Å²) in [5, 5.41) is 22.6. The molecule has 0 saturated heterocycles. The van der Waals surface area contributed by atoms with Gasteiger partial charge in [-0.05, 0) is 13.8 Å². The number of hydroxylamine groups is 3. The van der Waals surface area contributed by atoms with Crippen molar-refractivity contribution in [3.8, 4) is 0 Å². The van der Waals surface area contributed by atoms with Crippen molar-refractivity contribution >= 4 is 28.9 Å². The van der Waals surface area contributed by atoms with E-state index in [1.807, 2.05) is 0 Å². The van der Waals surface area contributed by atoms with Gasteiger partial charge in [0.15, 0.2) is 4.84 Å². The zero-order valence-corrected chi connectivity index (χ0v) is 10.1. The lowest BCUT2D eigenvalue weighted by atomic mass is 10.00. The van der Waals surface area contributed by atoms with Gasteiger partial charge in [-0.25, -0.2) is 0 Å². The number of hydrogen-bond donors (Lipinski definition) is 1. The molecule has 4 nitrogen and oxygen atoms in total. The van der Waals surface area contributed by atoms with E-state index in [9.17, 15) is 10.4 Å². The monoisotopic (exact) mass is 240 g/mol. The Morgan fingerprint density at radius 1 is 1.36 bits per heavy atom. The SMILES string of the molecule is CC1(C)C(C(Cl)Cl)=[N+]([O-])C(C)(C)N1O. The third-order valence-electron chi connectivity index (χ3n) is 2.60. The Labute approximate surface area is 93.3 Å². The molecule has 1 heterocycles. The first-order valence-corrected chi connectivity index (χ1v) is 5.12. The molecule has 1 aliphatic rings. The van der Waals surface area contributed by atoms with E-state index >= 15 is 0 Å². The minimum atomic E-state index is -1.04. The Morgan fingerprint density at radius 3 is 1.93 bits per heavy atom. The molecule has 0 saturated carbocycles. The lowest BCUT2D eigenvalue weighted by Crippen LogP contribution is -2.51. The zero-order valence-electron chi connectivity index (χ0n) is 8.58. The minimum Gasteiger partial charge on any atom is -0.622 e. The molecule has 0 aromatic heterocycles. The molecule has 0 fully saturated rings. The van der Waals surface area contributed by atoms with Crippen LogP contribution in [0.3, 0.4) is 0 Å². The highest BCUT2D eigenvalue weighted by molar-refractivity contribution is 6.54. The second-order valence-electron chi connectivity index (χ2n) is 4.35. The molecule has 82 valence electrons. The molecule has 1 rings (SSSR count). The average Bonchev–Trinajstić information content (AvgIpc) is 2.10. The van der Waals surface area contributed by atoms with Crippen LogP contribution in [0.5, 0.6) is 0 Å². The van der Waals surface area contributed by atoms with Gasteiger partial charge in [-0.3, -0.25) is 0 Å². The van der Waals surface area contributed by atoms with E-state index in [-0.39, 0.29) is 5.71 Å². The van der Waals surface area contributed by atoms with Gasteiger partial charge in [0.1, 0.15) is 5.54 Å². The van der Waals surface area contributed by atoms with Gasteiger partial charge in [0, 0.05) is 13.8 Å². The molecular weight excluding hydrogens is 227 g/mol. The lowest BCUT2D eigenvalue weighted by molar-refractivity contribution is -0.581. The van der Waals surface area contributed by atoms with E-state index in [0.717, 1.165) is 5.06 Å². The predicted octanol–water partition coefficient (Wildman–Crippen LogP) is 1.96. The molecular formula is C8H14Cl2N2O2. The molecule has 0 unspecified atom stereocenters. The fourth-order valence-corrected chi connectivity index (χ4v) is 2.49. The summed E-state index contributed by atoms with van der Waals surface area (Å²) >= 11 is 11.4. The highest BCUT2D eigenvalue weighted by Gasteiger charge is 2.58. The molecule has 1 aliphatic heterocycles. The Morgan fingerprint density at radius 2 is 1.79 bits per heavy atom. The number of nitrogens with zero attached hydrogens (tertiary/aromatic N) is 2. The van der Waals surface area contributed by atoms with Crippen LogP contribution in [0, 0.1) is 5.21 Å². The standard InChI is InChI=1S/C8H14Cl2N2O2/c1-7(2)5(6(9)10)11(13)8(3,4)12(7)14/h6,14H,1-4H3. The first-order valence-electron chi connectivity index (χ1n) is 4.25. The second kappa shape index (κ2) is 3.23. The predicted molar refractivity (Wildman–Crippen MR) is 55.9 cm³/mol. The van der Waals surface area contributed by atoms with Crippen LogP contribution in [-0.4, -0.2) is 36.8 Å². The van der Waals surface area contributed by atoms with Crippen LogP contribution in [0.4, 0.5) is 0 Å². The zero-order chi connectivity index (χ0) is 11.3. The highest BCUT2D eigenvalue weighted by atomic mass is 35.5. The normalized spacial score (nSPS) is 26.3. The van der Waals surface area contributed by atoms with Gasteiger partial charge in [-0.2, -0.15) is 4.74 Å². The van der Waals surface area contributed by atoms with E-state index in [2.05, 4.69) is 0 Å². The summed E-state index contributed by atoms with van der Waals surface area (Å²) in [6, 6.07) is 0. The first kappa shape index (κ1) is 12.0. The van der Waals surface area contributed by atoms with E-state index < -0.39 is 16.0 Å². The van der Waals surface area contributed by atoms with Gasteiger partial charge < -0.3 is 10.4 Å². The topological polar surface area (TPSA) is 49.5 Å². The third kappa shape index (κ3) is 1.41. The maximum atomic E-state index is 11.8. The molecule has 0 radical (unpaired) electrons. The summed E-state index contributed by atoms with van der Waals surface area (Å²) in [5.41, 5.74) is -1.63. The van der Waals surface area contributed by atoms with Gasteiger partial charge in [0.2, 0.25) is 11.4 Å². The summed E-state index contributed by atoms with van der Waals surface area (Å²) in [5.74, 6) is 0. The third-order valence-corrected chi connectivity index (χ3v) is 3.01. The molecule has 1 N–H and O–H groups in total. The van der Waals surface area contributed by atoms with Crippen molar-refractivity contribution in [2.75, 3.05) is 0 Å². The van der Waals surface area contributed by atoms with Gasteiger partial charge >= 0.3 is 0 Å². The number of rotatable bonds is 1. The summed E-state index contributed by atoms with van der Waals surface area (Å²) in [7, 11) is 0. The fourth-order valence-electron chi connectivity index (χ4n) is 1.78. The van der Waals surface area contributed by atoms with E-state index in [0.29, 0.717) is 4.74 Å². The molecule has 0 aromatic rings. The van der Waals surface area contributed by atoms with Gasteiger partial charge in [0.25, 0.3) is 0 Å². The largest absolute Gasteiger partial charge is 0.622 e. The molecule has 0 bridgehead atoms. The number of alkyl halides is 2. The Hall–Kier alpha value is -0.0300. The molecule has 0 aliphatic carbocycles. The van der Waals surface area contributed by atoms with Crippen molar-refractivity contribution in [2.24, 2.45) is 0 Å². The van der Waals surface area contributed by atoms with Crippen LogP contribution in [0.1, 0.15) is 27.7 Å². The van der Waals surface area contributed by atoms with E-state index in [1.54, 1.807) is 27.7 Å². The van der Waals surface area contributed by atoms with Crippen molar-refractivity contribution in [2.45, 2.75) is 43.7 Å². The van der Waals surface area contributed by atoms with Crippen LogP contribution >= 0.6 is 23.2 Å². The highest BCUT2D eigenvalue weighted by Crippen LogP contribution is 2.35. The maximum absolute atomic E-state index is 11.8. The quantitative estimate of drug-likeness (QED) is 0.433. The van der Waals surface area contributed by atoms with Crippen molar-refractivity contribution < 1.29 is 9.95 Å². The molecule has 6 heteroatoms. The maximum Gasteiger partial charge on any atom is 0.245 e. The summed E-state index contributed by atoms with van der Waals surface area (Å²) < 4.78 is 0.664. The van der Waals surface area contributed by atoms with Crippen molar-refractivity contribution in [3.05, 3.63) is 5.21 Å². The van der Waals surface area contributed by atoms with Crippen molar-refractivity contribution in [1.29, 1.82) is 0 Å². The molecule has 0 spiro atoms. The summed E-state index contributed by atoms with van der Waals surface area (Å²) in [4.78, 5) is -0.918. The second-order valence-corrected chi connectivity index (χ2v) is 5.44. The van der Waals surface area contributed by atoms with Crippen molar-refractivity contribution in [3.63, 3.8) is 0 Å². The smallest absolute Gasteiger partial charge is 0.245 e. The summed E-state index contributed by atoms with van der Waals surface area (Å²) in [6.45, 7) is 6.59. The lowest BCUT2D eigenvalue weighted by Gasteiger charge is -2.29. The van der Waals surface area contributed by atoms with Gasteiger partial charge in [-0.15, -0.1) is 5.06 Å². The van der Waals surface area contributed by atoms with Crippen LogP contribution in [0.2, 0.25) is 0 Å². The van der Waals surface area contributed by atoms with Crippen molar-refractivity contribution in [1.82, 2.24) is 5.06 Å². The van der Waals surface area contributed by atoms with Crippen LogP contribution in [0.15, 0.2) is 0 Å². The molecule has 0 atom stereocenters. The first-order chi connectivity index (χ1) is 6.13. The van der Waals surface area contributed by atoms with E-state index in [1.165, 1.54) is 0 Å². The number of hydrogen-bond acceptors (Lipinski definition) is 3. The Bertz CT molecular complexity index is 287. The van der Waals surface area contributed by atoms with Crippen LogP contribution < -0.4 is 0 Å². The Balaban J connectivity index is 3.30. The molecule has 0 aromatic carbocycles. The minimum absolute atomic E-state index is 0.258.